The van der Waals surface area contributed by atoms with E-state index in [4.69, 9.17) is 14.2 Å². The van der Waals surface area contributed by atoms with Gasteiger partial charge in [-0.05, 0) is 24.7 Å². The van der Waals surface area contributed by atoms with E-state index >= 15 is 0 Å². The van der Waals surface area contributed by atoms with Gasteiger partial charge >= 0.3 is 17.9 Å². The SMILES string of the molecule is CC(=O)OC[C@]12C[C@H](O)[C@H](OC(C)=O)C(C)(C)[C@@]13C[C@@H]1[C@@H]2[C@]1(C)C3OC(C)=O. The van der Waals surface area contributed by atoms with Crippen molar-refractivity contribution in [3.63, 3.8) is 0 Å². The van der Waals surface area contributed by atoms with Crippen LogP contribution in [0.3, 0.4) is 0 Å². The van der Waals surface area contributed by atoms with Crippen LogP contribution in [-0.2, 0) is 28.6 Å². The van der Waals surface area contributed by atoms with Gasteiger partial charge in [-0.25, -0.2) is 0 Å². The summed E-state index contributed by atoms with van der Waals surface area (Å²) in [4.78, 5) is 35.4. The maximum atomic E-state index is 12.0. The Hall–Kier alpha value is -1.63. The van der Waals surface area contributed by atoms with Crippen LogP contribution in [0.15, 0.2) is 0 Å². The van der Waals surface area contributed by atoms with E-state index in [1.54, 1.807) is 0 Å². The summed E-state index contributed by atoms with van der Waals surface area (Å²) in [5, 5.41) is 11.0. The number of hydrogen-bond acceptors (Lipinski definition) is 7. The molecule has 5 aliphatic rings. The fraction of sp³-hybridized carbons (Fsp3) is 0.857. The minimum Gasteiger partial charge on any atom is -0.465 e. The maximum Gasteiger partial charge on any atom is 0.303 e. The molecule has 5 rings (SSSR count). The second-order valence-corrected chi connectivity index (χ2v) is 10.1. The second-order valence-electron chi connectivity index (χ2n) is 10.1. The predicted octanol–water partition coefficient (Wildman–Crippen LogP) is 1.85. The first-order valence-corrected chi connectivity index (χ1v) is 10.0. The average molecular weight is 394 g/mol. The number of hydrogen-bond donors (Lipinski definition) is 1. The Balaban J connectivity index is 1.86. The van der Waals surface area contributed by atoms with Crippen molar-refractivity contribution in [1.29, 1.82) is 0 Å². The Kier molecular flexibility index (Phi) is 3.86. The lowest BCUT2D eigenvalue weighted by Crippen LogP contribution is -2.67. The first-order chi connectivity index (χ1) is 12.9. The lowest BCUT2D eigenvalue weighted by molar-refractivity contribution is -0.248. The molecule has 0 aromatic rings. The van der Waals surface area contributed by atoms with E-state index in [-0.39, 0.29) is 36.0 Å². The number of aliphatic hydroxyl groups is 1. The fourth-order valence-electron chi connectivity index (χ4n) is 8.10. The standard InChI is InChI=1S/C21H30O7/c1-10(22)26-9-20-8-14(25)16(27-11(2)23)18(4,5)21(20)7-13-15(20)19(13,6)17(21)28-12(3)24/h13-17,25H,7-9H2,1-6H3/t13-,14+,15-,16+,17?,19-,20+,21+/m1/s1. The van der Waals surface area contributed by atoms with Crippen LogP contribution in [0.5, 0.6) is 0 Å². The number of esters is 3. The first-order valence-electron chi connectivity index (χ1n) is 10.0. The second kappa shape index (κ2) is 5.49. The van der Waals surface area contributed by atoms with Crippen molar-refractivity contribution in [2.75, 3.05) is 6.61 Å². The van der Waals surface area contributed by atoms with E-state index < -0.39 is 34.4 Å². The zero-order valence-electron chi connectivity index (χ0n) is 17.4. The van der Waals surface area contributed by atoms with Gasteiger partial charge in [-0.2, -0.15) is 0 Å². The first kappa shape index (κ1) is 19.7. The topological polar surface area (TPSA) is 99.1 Å². The molecule has 7 heteroatoms. The number of aliphatic hydroxyl groups excluding tert-OH is 1. The Morgan fingerprint density at radius 2 is 1.57 bits per heavy atom. The van der Waals surface area contributed by atoms with E-state index in [9.17, 15) is 19.5 Å². The molecule has 8 atom stereocenters. The molecule has 5 aliphatic carbocycles. The molecule has 0 radical (unpaired) electrons. The molecule has 0 aromatic carbocycles. The van der Waals surface area contributed by atoms with Crippen LogP contribution in [0.2, 0.25) is 0 Å². The molecule has 5 fully saturated rings. The van der Waals surface area contributed by atoms with Gasteiger partial charge in [0.1, 0.15) is 12.2 Å². The number of carbonyl (C=O) groups excluding carboxylic acids is 3. The maximum absolute atomic E-state index is 12.0. The Labute approximate surface area is 165 Å². The molecule has 0 aliphatic heterocycles. The number of ether oxygens (including phenoxy) is 3. The normalized spacial score (nSPS) is 49.2. The Bertz CT molecular complexity index is 760. The molecule has 1 spiro atoms. The summed E-state index contributed by atoms with van der Waals surface area (Å²) >= 11 is 0. The van der Waals surface area contributed by atoms with Gasteiger partial charge in [0.25, 0.3) is 0 Å². The van der Waals surface area contributed by atoms with E-state index in [2.05, 4.69) is 6.92 Å². The molecule has 1 unspecified atom stereocenters. The Morgan fingerprint density at radius 1 is 0.964 bits per heavy atom. The number of rotatable bonds is 4. The minimum absolute atomic E-state index is 0.185. The lowest BCUT2D eigenvalue weighted by Gasteiger charge is -2.61. The van der Waals surface area contributed by atoms with Crippen LogP contribution < -0.4 is 0 Å². The van der Waals surface area contributed by atoms with E-state index in [0.29, 0.717) is 12.3 Å². The molecular formula is C21H30O7. The van der Waals surface area contributed by atoms with Gasteiger partial charge in [0.15, 0.2) is 0 Å². The summed E-state index contributed by atoms with van der Waals surface area (Å²) < 4.78 is 17.1. The van der Waals surface area contributed by atoms with Crippen molar-refractivity contribution >= 4 is 17.9 Å². The van der Waals surface area contributed by atoms with Gasteiger partial charge in [-0.1, -0.05) is 20.8 Å². The van der Waals surface area contributed by atoms with Gasteiger partial charge in [0, 0.05) is 42.4 Å². The third-order valence-corrected chi connectivity index (χ3v) is 8.69. The summed E-state index contributed by atoms with van der Waals surface area (Å²) in [6.07, 6.45) is -0.777. The zero-order chi connectivity index (χ0) is 20.9. The van der Waals surface area contributed by atoms with Crippen molar-refractivity contribution < 1.29 is 33.7 Å². The van der Waals surface area contributed by atoms with Crippen LogP contribution in [-0.4, -0.2) is 47.9 Å². The van der Waals surface area contributed by atoms with E-state index in [1.807, 2.05) is 13.8 Å². The van der Waals surface area contributed by atoms with Crippen molar-refractivity contribution in [3.05, 3.63) is 0 Å². The quantitative estimate of drug-likeness (QED) is 0.574. The lowest BCUT2D eigenvalue weighted by atomic mass is 9.46. The van der Waals surface area contributed by atoms with E-state index in [1.165, 1.54) is 20.8 Å². The smallest absolute Gasteiger partial charge is 0.303 e. The fourth-order valence-corrected chi connectivity index (χ4v) is 8.10. The van der Waals surface area contributed by atoms with Gasteiger partial charge in [-0.15, -0.1) is 0 Å². The molecular weight excluding hydrogens is 364 g/mol. The van der Waals surface area contributed by atoms with Crippen LogP contribution in [0, 0.1) is 33.5 Å². The molecule has 0 aromatic heterocycles. The number of carbonyl (C=O) groups is 3. The van der Waals surface area contributed by atoms with Crippen molar-refractivity contribution in [2.24, 2.45) is 33.5 Å². The van der Waals surface area contributed by atoms with Gasteiger partial charge in [0.05, 0.1) is 12.7 Å². The summed E-state index contributed by atoms with van der Waals surface area (Å²) in [5.74, 6) is -0.609. The Morgan fingerprint density at radius 3 is 2.11 bits per heavy atom. The summed E-state index contributed by atoms with van der Waals surface area (Å²) in [7, 11) is 0. The molecule has 156 valence electrons. The summed E-state index contributed by atoms with van der Waals surface area (Å²) in [6, 6.07) is 0. The summed E-state index contributed by atoms with van der Waals surface area (Å²) in [5.41, 5.74) is -1.91. The van der Waals surface area contributed by atoms with E-state index in [0.717, 1.165) is 6.42 Å². The largest absolute Gasteiger partial charge is 0.465 e. The van der Waals surface area contributed by atoms with Crippen molar-refractivity contribution in [3.8, 4) is 0 Å². The highest BCUT2D eigenvalue weighted by Gasteiger charge is 2.97. The molecule has 5 saturated carbocycles. The third-order valence-electron chi connectivity index (χ3n) is 8.69. The molecule has 28 heavy (non-hydrogen) atoms. The monoisotopic (exact) mass is 394 g/mol. The van der Waals surface area contributed by atoms with Crippen LogP contribution in [0.4, 0.5) is 0 Å². The molecule has 1 N–H and O–H groups in total. The zero-order valence-corrected chi connectivity index (χ0v) is 17.4. The highest BCUT2D eigenvalue weighted by Crippen LogP contribution is 2.95. The van der Waals surface area contributed by atoms with Crippen molar-refractivity contribution in [2.45, 2.75) is 72.7 Å². The summed E-state index contributed by atoms with van der Waals surface area (Å²) in [6.45, 7) is 10.4. The van der Waals surface area contributed by atoms with Gasteiger partial charge in [0.2, 0.25) is 0 Å². The molecule has 7 nitrogen and oxygen atoms in total. The van der Waals surface area contributed by atoms with Crippen molar-refractivity contribution in [1.82, 2.24) is 0 Å². The van der Waals surface area contributed by atoms with Gasteiger partial charge < -0.3 is 19.3 Å². The molecule has 0 heterocycles. The van der Waals surface area contributed by atoms with Crippen LogP contribution >= 0.6 is 0 Å². The van der Waals surface area contributed by atoms with Gasteiger partial charge in [-0.3, -0.25) is 14.4 Å². The highest BCUT2D eigenvalue weighted by molar-refractivity contribution is 5.68. The molecule has 4 bridgehead atoms. The molecule has 0 amide bonds. The minimum atomic E-state index is -0.873. The average Bonchev–Trinajstić information content (AvgIpc) is 2.80. The third kappa shape index (κ3) is 1.96. The van der Waals surface area contributed by atoms with Crippen LogP contribution in [0.1, 0.15) is 54.4 Å². The van der Waals surface area contributed by atoms with Crippen LogP contribution in [0.25, 0.3) is 0 Å². The molecule has 0 saturated heterocycles. The highest BCUT2D eigenvalue weighted by atomic mass is 16.6. The predicted molar refractivity (Wildman–Crippen MR) is 96.7 cm³/mol.